The molecular formula is C17H22N4O2. The number of aryl methyl sites for hydroxylation is 1. The van der Waals surface area contributed by atoms with Crippen LogP contribution in [0.25, 0.3) is 0 Å². The fourth-order valence-corrected chi connectivity index (χ4v) is 2.97. The zero-order valence-corrected chi connectivity index (χ0v) is 13.2. The quantitative estimate of drug-likeness (QED) is 0.891. The van der Waals surface area contributed by atoms with Gasteiger partial charge in [0.25, 0.3) is 5.91 Å². The van der Waals surface area contributed by atoms with E-state index in [-0.39, 0.29) is 11.9 Å². The summed E-state index contributed by atoms with van der Waals surface area (Å²) in [6.07, 6.45) is 4.61. The number of carbonyl (C=O) groups excluding carboxylic acids is 1. The van der Waals surface area contributed by atoms with Crippen LogP contribution in [0.5, 0.6) is 0 Å². The number of hydrogen-bond donors (Lipinski definition) is 2. The van der Waals surface area contributed by atoms with Crippen molar-refractivity contribution in [2.75, 3.05) is 18.0 Å². The Labute approximate surface area is 135 Å². The third-order valence-electron chi connectivity index (χ3n) is 4.19. The van der Waals surface area contributed by atoms with Gasteiger partial charge in [-0.1, -0.05) is 30.3 Å². The monoisotopic (exact) mass is 314 g/mol. The lowest BCUT2D eigenvalue weighted by Gasteiger charge is -2.34. The van der Waals surface area contributed by atoms with Crippen LogP contribution in [0.2, 0.25) is 0 Å². The van der Waals surface area contributed by atoms with Crippen LogP contribution in [0.1, 0.15) is 24.5 Å². The molecule has 2 aromatic rings. The summed E-state index contributed by atoms with van der Waals surface area (Å²) in [6, 6.07) is 9.05. The first kappa shape index (κ1) is 15.6. The van der Waals surface area contributed by atoms with Gasteiger partial charge in [-0.25, -0.2) is 0 Å². The van der Waals surface area contributed by atoms with Crippen LogP contribution in [0.3, 0.4) is 0 Å². The number of carbonyl (C=O) groups is 1. The fraction of sp³-hybridized carbons (Fsp3) is 0.412. The Morgan fingerprint density at radius 1 is 1.39 bits per heavy atom. The number of nitrogens with zero attached hydrogens (tertiary/aromatic N) is 3. The van der Waals surface area contributed by atoms with Crippen LogP contribution in [-0.4, -0.2) is 39.9 Å². The average Bonchev–Trinajstić information content (AvgIpc) is 3.02. The molecule has 2 atom stereocenters. The molecule has 0 bridgehead atoms. The third-order valence-corrected chi connectivity index (χ3v) is 4.19. The highest BCUT2D eigenvalue weighted by Crippen LogP contribution is 2.20. The summed E-state index contributed by atoms with van der Waals surface area (Å²) in [6.45, 7) is 1.69. The third kappa shape index (κ3) is 3.71. The second kappa shape index (κ2) is 6.83. The van der Waals surface area contributed by atoms with E-state index in [0.29, 0.717) is 5.56 Å². The first-order valence-corrected chi connectivity index (χ1v) is 7.90. The van der Waals surface area contributed by atoms with Gasteiger partial charge in [-0.2, -0.15) is 5.10 Å². The molecule has 6 nitrogen and oxygen atoms in total. The molecule has 6 heteroatoms. The number of aliphatic hydroxyl groups excluding tert-OH is 1. The Morgan fingerprint density at radius 3 is 2.87 bits per heavy atom. The van der Waals surface area contributed by atoms with Crippen molar-refractivity contribution < 1.29 is 9.90 Å². The molecule has 2 N–H and O–H groups in total. The number of anilines is 1. The molecule has 122 valence electrons. The first-order valence-electron chi connectivity index (χ1n) is 7.90. The molecule has 23 heavy (non-hydrogen) atoms. The van der Waals surface area contributed by atoms with Crippen LogP contribution >= 0.6 is 0 Å². The lowest BCUT2D eigenvalue weighted by atomic mass is 10.0. The van der Waals surface area contributed by atoms with Crippen molar-refractivity contribution >= 4 is 11.6 Å². The summed E-state index contributed by atoms with van der Waals surface area (Å²) in [5.74, 6) is -0.339. The van der Waals surface area contributed by atoms with Gasteiger partial charge in [0.1, 0.15) is 0 Å². The molecule has 0 spiro atoms. The van der Waals surface area contributed by atoms with Gasteiger partial charge < -0.3 is 15.3 Å². The number of nitrogens with one attached hydrogen (secondary N) is 1. The number of hydrogen-bond acceptors (Lipinski definition) is 4. The van der Waals surface area contributed by atoms with E-state index in [1.165, 1.54) is 0 Å². The topological polar surface area (TPSA) is 70.4 Å². The Kier molecular flexibility index (Phi) is 4.62. The smallest absolute Gasteiger partial charge is 0.253 e. The number of amides is 1. The van der Waals surface area contributed by atoms with Crippen LogP contribution in [-0.2, 0) is 11.8 Å². The number of benzene rings is 1. The van der Waals surface area contributed by atoms with Crippen molar-refractivity contribution in [3.05, 3.63) is 48.3 Å². The van der Waals surface area contributed by atoms with Gasteiger partial charge >= 0.3 is 0 Å². The fourth-order valence-electron chi connectivity index (χ4n) is 2.97. The molecule has 0 saturated carbocycles. The van der Waals surface area contributed by atoms with E-state index in [0.717, 1.165) is 31.6 Å². The average molecular weight is 314 g/mol. The molecule has 1 aromatic carbocycles. The summed E-state index contributed by atoms with van der Waals surface area (Å²) in [5.41, 5.74) is 1.68. The van der Waals surface area contributed by atoms with Crippen molar-refractivity contribution in [3.8, 4) is 0 Å². The van der Waals surface area contributed by atoms with Gasteiger partial charge in [0.05, 0.1) is 11.9 Å². The lowest BCUT2D eigenvalue weighted by Crippen LogP contribution is -2.49. The Balaban J connectivity index is 1.60. The largest absolute Gasteiger partial charge is 0.378 e. The molecule has 1 aromatic heterocycles. The second-order valence-corrected chi connectivity index (χ2v) is 5.98. The highest BCUT2D eigenvalue weighted by atomic mass is 16.3. The molecule has 1 aliphatic heterocycles. The maximum Gasteiger partial charge on any atom is 0.253 e. The van der Waals surface area contributed by atoms with E-state index >= 15 is 0 Å². The van der Waals surface area contributed by atoms with E-state index in [4.69, 9.17) is 0 Å². The predicted octanol–water partition coefficient (Wildman–Crippen LogP) is 1.24. The van der Waals surface area contributed by atoms with Crippen molar-refractivity contribution in [1.29, 1.82) is 0 Å². The molecule has 2 heterocycles. The minimum Gasteiger partial charge on any atom is -0.378 e. The van der Waals surface area contributed by atoms with Crippen LogP contribution in [0.15, 0.2) is 42.7 Å². The summed E-state index contributed by atoms with van der Waals surface area (Å²) in [7, 11) is 1.89. The van der Waals surface area contributed by atoms with Gasteiger partial charge in [-0.3, -0.25) is 9.48 Å². The Hall–Kier alpha value is -2.34. The van der Waals surface area contributed by atoms with Crippen molar-refractivity contribution in [2.45, 2.75) is 25.0 Å². The molecule has 1 amide bonds. The Bertz CT molecular complexity index is 656. The van der Waals surface area contributed by atoms with E-state index in [2.05, 4.69) is 15.3 Å². The molecule has 0 radical (unpaired) electrons. The number of piperidine rings is 1. The summed E-state index contributed by atoms with van der Waals surface area (Å²) in [4.78, 5) is 14.5. The molecule has 1 fully saturated rings. The molecule has 2 unspecified atom stereocenters. The maximum absolute atomic E-state index is 12.3. The summed E-state index contributed by atoms with van der Waals surface area (Å²) in [5, 5.41) is 17.3. The standard InChI is InChI=1S/C17H22N4O2/c1-20-12-15(10-18-20)21-9-5-8-14(11-21)19-17(23)16(22)13-6-3-2-4-7-13/h2-4,6-7,10,12,14,16,22H,5,8-9,11H2,1H3,(H,19,23). The van der Waals surface area contributed by atoms with Crippen LogP contribution < -0.4 is 10.2 Å². The SMILES string of the molecule is Cn1cc(N2CCCC(NC(=O)C(O)c3ccccc3)C2)cn1. The Morgan fingerprint density at radius 2 is 2.17 bits per heavy atom. The number of rotatable bonds is 4. The first-order chi connectivity index (χ1) is 11.1. The van der Waals surface area contributed by atoms with E-state index < -0.39 is 6.10 Å². The normalized spacial score (nSPS) is 19.4. The van der Waals surface area contributed by atoms with E-state index in [1.54, 1.807) is 16.8 Å². The predicted molar refractivity (Wildman–Crippen MR) is 88.0 cm³/mol. The minimum atomic E-state index is -1.12. The van der Waals surface area contributed by atoms with Crippen LogP contribution in [0.4, 0.5) is 5.69 Å². The summed E-state index contributed by atoms with van der Waals surface area (Å²) >= 11 is 0. The molecule has 1 aliphatic rings. The molecule has 3 rings (SSSR count). The number of aromatic nitrogens is 2. The van der Waals surface area contributed by atoms with Crippen molar-refractivity contribution in [1.82, 2.24) is 15.1 Å². The van der Waals surface area contributed by atoms with Gasteiger partial charge in [-0.05, 0) is 18.4 Å². The molecular weight excluding hydrogens is 292 g/mol. The number of aliphatic hydroxyl groups is 1. The molecule has 1 saturated heterocycles. The lowest BCUT2D eigenvalue weighted by molar-refractivity contribution is -0.130. The van der Waals surface area contributed by atoms with E-state index in [9.17, 15) is 9.90 Å². The summed E-state index contributed by atoms with van der Waals surface area (Å²) < 4.78 is 1.77. The zero-order valence-electron chi connectivity index (χ0n) is 13.2. The van der Waals surface area contributed by atoms with Gasteiger partial charge in [0.15, 0.2) is 6.10 Å². The highest BCUT2D eigenvalue weighted by Gasteiger charge is 2.25. The van der Waals surface area contributed by atoms with Crippen molar-refractivity contribution in [2.24, 2.45) is 7.05 Å². The van der Waals surface area contributed by atoms with E-state index in [1.807, 2.05) is 37.6 Å². The highest BCUT2D eigenvalue weighted by molar-refractivity contribution is 5.82. The van der Waals surface area contributed by atoms with Gasteiger partial charge in [-0.15, -0.1) is 0 Å². The second-order valence-electron chi connectivity index (χ2n) is 5.98. The van der Waals surface area contributed by atoms with Gasteiger partial charge in [0, 0.05) is 32.4 Å². The van der Waals surface area contributed by atoms with Gasteiger partial charge in [0.2, 0.25) is 0 Å². The zero-order chi connectivity index (χ0) is 16.2. The molecule has 0 aliphatic carbocycles. The maximum atomic E-state index is 12.3. The van der Waals surface area contributed by atoms with Crippen LogP contribution in [0, 0.1) is 0 Å². The van der Waals surface area contributed by atoms with Crippen molar-refractivity contribution in [3.63, 3.8) is 0 Å². The minimum absolute atomic E-state index is 0.0369.